The first-order valence-corrected chi connectivity index (χ1v) is 11.1. The molecule has 0 saturated carbocycles. The summed E-state index contributed by atoms with van der Waals surface area (Å²) >= 11 is 0. The number of ether oxygens (including phenoxy) is 3. The number of urea groups is 1. The van der Waals surface area contributed by atoms with Crippen molar-refractivity contribution in [1.29, 1.82) is 0 Å². The second-order valence-electron chi connectivity index (χ2n) is 7.79. The Morgan fingerprint density at radius 3 is 2.25 bits per heavy atom. The maximum Gasteiger partial charge on any atom is 0.410 e. The predicted octanol–water partition coefficient (Wildman–Crippen LogP) is 5.12. The fourth-order valence-corrected chi connectivity index (χ4v) is 3.39. The summed E-state index contributed by atoms with van der Waals surface area (Å²) < 4.78 is 29.6. The van der Waals surface area contributed by atoms with Gasteiger partial charge in [0.25, 0.3) is 0 Å². The van der Waals surface area contributed by atoms with Crippen molar-refractivity contribution in [2.24, 2.45) is 5.73 Å². The topological polar surface area (TPSA) is 103 Å². The summed E-state index contributed by atoms with van der Waals surface area (Å²) in [7, 11) is 1.54. The van der Waals surface area contributed by atoms with Crippen LogP contribution in [0.3, 0.4) is 0 Å². The first-order chi connectivity index (χ1) is 17.4. The standard InChI is InChI=1S/C27H28FN3O5/c1-3-14-35-27(33)31(18-21-15-20(16-30-26(29)32)6-13-25(21)34-2)17-19-4-9-23(10-5-19)36-24-11-7-22(28)8-12-24/h3-13,15H,1,14,16-18H2,2H3,(H3,29,30,32). The second kappa shape index (κ2) is 12.8. The fourth-order valence-electron chi connectivity index (χ4n) is 3.39. The minimum Gasteiger partial charge on any atom is -0.496 e. The number of benzene rings is 3. The van der Waals surface area contributed by atoms with Crippen LogP contribution in [0.15, 0.2) is 79.4 Å². The first-order valence-electron chi connectivity index (χ1n) is 11.1. The number of rotatable bonds is 11. The maximum absolute atomic E-state index is 13.1. The van der Waals surface area contributed by atoms with Gasteiger partial charge in [0.05, 0.1) is 13.7 Å². The smallest absolute Gasteiger partial charge is 0.410 e. The van der Waals surface area contributed by atoms with E-state index >= 15 is 0 Å². The molecule has 8 nitrogen and oxygen atoms in total. The van der Waals surface area contributed by atoms with Crippen molar-refractivity contribution in [2.75, 3.05) is 13.7 Å². The van der Waals surface area contributed by atoms with Crippen molar-refractivity contribution in [3.8, 4) is 17.2 Å². The highest BCUT2D eigenvalue weighted by atomic mass is 19.1. The lowest BCUT2D eigenvalue weighted by Crippen LogP contribution is -2.31. The molecular formula is C27H28FN3O5. The first kappa shape index (κ1) is 26.1. The van der Waals surface area contributed by atoms with Crippen molar-refractivity contribution in [2.45, 2.75) is 19.6 Å². The van der Waals surface area contributed by atoms with Gasteiger partial charge in [-0.3, -0.25) is 4.90 Å². The van der Waals surface area contributed by atoms with Gasteiger partial charge in [-0.05, 0) is 59.7 Å². The van der Waals surface area contributed by atoms with Crippen LogP contribution in [-0.2, 0) is 24.4 Å². The highest BCUT2D eigenvalue weighted by Gasteiger charge is 2.19. The van der Waals surface area contributed by atoms with Crippen LogP contribution in [0, 0.1) is 5.82 Å². The molecule has 0 aliphatic heterocycles. The van der Waals surface area contributed by atoms with Crippen LogP contribution in [0.1, 0.15) is 16.7 Å². The van der Waals surface area contributed by atoms with Gasteiger partial charge in [-0.2, -0.15) is 0 Å². The molecule has 0 bridgehead atoms. The van der Waals surface area contributed by atoms with Crippen molar-refractivity contribution in [3.63, 3.8) is 0 Å². The van der Waals surface area contributed by atoms with Gasteiger partial charge in [-0.1, -0.05) is 30.9 Å². The number of nitrogens with one attached hydrogen (secondary N) is 1. The summed E-state index contributed by atoms with van der Waals surface area (Å²) in [5.74, 6) is 1.33. The highest BCUT2D eigenvalue weighted by molar-refractivity contribution is 5.71. The zero-order valence-corrected chi connectivity index (χ0v) is 19.9. The molecule has 3 N–H and O–H groups in total. The van der Waals surface area contributed by atoms with E-state index in [4.69, 9.17) is 19.9 Å². The van der Waals surface area contributed by atoms with Crippen LogP contribution in [-0.4, -0.2) is 30.7 Å². The quantitative estimate of drug-likeness (QED) is 0.361. The molecule has 3 amide bonds. The third-order valence-electron chi connectivity index (χ3n) is 5.10. The molecule has 3 aromatic carbocycles. The zero-order valence-electron chi connectivity index (χ0n) is 19.9. The monoisotopic (exact) mass is 493 g/mol. The summed E-state index contributed by atoms with van der Waals surface area (Å²) in [6.45, 7) is 4.34. The minimum atomic E-state index is -0.631. The SMILES string of the molecule is C=CCOC(=O)N(Cc1ccc(Oc2ccc(F)cc2)cc1)Cc1cc(CNC(N)=O)ccc1OC. The van der Waals surface area contributed by atoms with Gasteiger partial charge in [0.2, 0.25) is 0 Å². The molecule has 0 unspecified atom stereocenters. The Morgan fingerprint density at radius 1 is 1.00 bits per heavy atom. The summed E-state index contributed by atoms with van der Waals surface area (Å²) in [5, 5.41) is 2.55. The van der Waals surface area contributed by atoms with E-state index in [1.807, 2.05) is 18.2 Å². The van der Waals surface area contributed by atoms with Crippen molar-refractivity contribution in [3.05, 3.63) is 102 Å². The summed E-state index contributed by atoms with van der Waals surface area (Å²) in [6.07, 6.45) is 0.971. The number of halogens is 1. The van der Waals surface area contributed by atoms with E-state index in [-0.39, 0.29) is 32.1 Å². The average Bonchev–Trinajstić information content (AvgIpc) is 2.88. The molecule has 0 saturated heterocycles. The number of amides is 3. The van der Waals surface area contributed by atoms with Crippen molar-refractivity contribution in [1.82, 2.24) is 10.2 Å². The molecule has 9 heteroatoms. The van der Waals surface area contributed by atoms with Crippen LogP contribution in [0.4, 0.5) is 14.0 Å². The van der Waals surface area contributed by atoms with E-state index in [1.165, 1.54) is 23.1 Å². The number of nitrogens with two attached hydrogens (primary N) is 1. The van der Waals surface area contributed by atoms with Gasteiger partial charge >= 0.3 is 12.1 Å². The van der Waals surface area contributed by atoms with Gasteiger partial charge in [-0.25, -0.2) is 14.0 Å². The molecule has 188 valence electrons. The molecule has 3 rings (SSSR count). The number of carbonyl (C=O) groups is 2. The normalized spacial score (nSPS) is 10.3. The van der Waals surface area contributed by atoms with Gasteiger partial charge < -0.3 is 25.3 Å². The Hall–Kier alpha value is -4.53. The largest absolute Gasteiger partial charge is 0.496 e. The van der Waals surface area contributed by atoms with E-state index in [2.05, 4.69) is 11.9 Å². The molecule has 0 aromatic heterocycles. The van der Waals surface area contributed by atoms with E-state index in [0.717, 1.165) is 16.7 Å². The van der Waals surface area contributed by atoms with E-state index in [1.54, 1.807) is 43.5 Å². The predicted molar refractivity (Wildman–Crippen MR) is 133 cm³/mol. The fraction of sp³-hybridized carbons (Fsp3) is 0.185. The number of nitrogens with zero attached hydrogens (tertiary/aromatic N) is 1. The zero-order chi connectivity index (χ0) is 25.9. The molecule has 0 fully saturated rings. The number of primary amides is 1. The van der Waals surface area contributed by atoms with Crippen LogP contribution >= 0.6 is 0 Å². The van der Waals surface area contributed by atoms with E-state index in [0.29, 0.717) is 17.2 Å². The summed E-state index contributed by atoms with van der Waals surface area (Å²) in [4.78, 5) is 25.4. The Morgan fingerprint density at radius 2 is 1.64 bits per heavy atom. The molecule has 0 heterocycles. The Balaban J connectivity index is 1.77. The van der Waals surface area contributed by atoms with Gasteiger partial charge in [0.1, 0.15) is 29.7 Å². The maximum atomic E-state index is 13.1. The minimum absolute atomic E-state index is 0.0689. The van der Waals surface area contributed by atoms with Crippen LogP contribution < -0.4 is 20.5 Å². The van der Waals surface area contributed by atoms with Crippen LogP contribution in [0.2, 0.25) is 0 Å². The molecule has 0 aliphatic carbocycles. The molecular weight excluding hydrogens is 465 g/mol. The molecule has 0 atom stereocenters. The molecule has 0 radical (unpaired) electrons. The molecule has 0 spiro atoms. The molecule has 3 aromatic rings. The van der Waals surface area contributed by atoms with Crippen molar-refractivity contribution >= 4 is 12.1 Å². The lowest BCUT2D eigenvalue weighted by atomic mass is 10.1. The highest BCUT2D eigenvalue weighted by Crippen LogP contribution is 2.25. The Kier molecular flexibility index (Phi) is 9.27. The number of methoxy groups -OCH3 is 1. The lowest BCUT2D eigenvalue weighted by Gasteiger charge is -2.23. The third kappa shape index (κ3) is 7.76. The Labute approximate surface area is 209 Å². The molecule has 36 heavy (non-hydrogen) atoms. The number of hydrogen-bond donors (Lipinski definition) is 2. The third-order valence-corrected chi connectivity index (χ3v) is 5.10. The van der Waals surface area contributed by atoms with Gasteiger partial charge in [0, 0.05) is 18.7 Å². The van der Waals surface area contributed by atoms with Gasteiger partial charge in [-0.15, -0.1) is 0 Å². The number of hydrogen-bond acceptors (Lipinski definition) is 5. The van der Waals surface area contributed by atoms with Crippen LogP contribution in [0.5, 0.6) is 17.2 Å². The lowest BCUT2D eigenvalue weighted by molar-refractivity contribution is 0.106. The molecule has 0 aliphatic rings. The van der Waals surface area contributed by atoms with Gasteiger partial charge in [0.15, 0.2) is 0 Å². The average molecular weight is 494 g/mol. The second-order valence-corrected chi connectivity index (χ2v) is 7.79. The van der Waals surface area contributed by atoms with E-state index in [9.17, 15) is 14.0 Å². The summed E-state index contributed by atoms with van der Waals surface area (Å²) in [6, 6.07) is 17.7. The summed E-state index contributed by atoms with van der Waals surface area (Å²) in [5.41, 5.74) is 7.53. The Bertz CT molecular complexity index is 1180. The van der Waals surface area contributed by atoms with Crippen molar-refractivity contribution < 1.29 is 28.2 Å². The number of carbonyl (C=O) groups excluding carboxylic acids is 2. The van der Waals surface area contributed by atoms with Crippen LogP contribution in [0.25, 0.3) is 0 Å². The van der Waals surface area contributed by atoms with E-state index < -0.39 is 12.1 Å².